The Bertz CT molecular complexity index is 1380. The lowest BCUT2D eigenvalue weighted by Gasteiger charge is -2.19. The number of methoxy groups -OCH3 is 2. The summed E-state index contributed by atoms with van der Waals surface area (Å²) in [6.45, 7) is 0. The minimum Gasteiger partial charge on any atom is -0.497 e. The molecule has 0 aromatic heterocycles. The number of halogens is 1. The smallest absolute Gasteiger partial charge is 0.258 e. The van der Waals surface area contributed by atoms with Gasteiger partial charge in [0.05, 0.1) is 25.5 Å². The second kappa shape index (κ2) is 12.1. The first-order valence-corrected chi connectivity index (χ1v) is 12.3. The van der Waals surface area contributed by atoms with E-state index in [1.54, 1.807) is 55.6 Å². The molecule has 0 bridgehead atoms. The summed E-state index contributed by atoms with van der Waals surface area (Å²) in [5.41, 5.74) is 1.84. The van der Waals surface area contributed by atoms with Gasteiger partial charge in [-0.3, -0.25) is 9.59 Å². The zero-order chi connectivity index (χ0) is 26.2. The molecule has 2 amide bonds. The number of amides is 2. The molecular weight excluding hydrogens is 491 g/mol. The van der Waals surface area contributed by atoms with Crippen LogP contribution in [0, 0.1) is 5.82 Å². The van der Waals surface area contributed by atoms with Crippen LogP contribution in [0.5, 0.6) is 11.5 Å². The quantitative estimate of drug-likeness (QED) is 0.246. The predicted molar refractivity (Wildman–Crippen MR) is 144 cm³/mol. The standard InChI is InChI=1S/C29H25FN2O4S/c1-35-21-14-17-25(26(18-21)36-2)32-29(34)27(19-8-4-3-5-9-19)37-22-15-12-20(13-16-22)31-28(33)23-10-6-7-11-24(23)30/h3-18,27H,1-2H3,(H,31,33)(H,32,34). The topological polar surface area (TPSA) is 76.7 Å². The van der Waals surface area contributed by atoms with Gasteiger partial charge in [-0.15, -0.1) is 11.8 Å². The van der Waals surface area contributed by atoms with E-state index in [-0.39, 0.29) is 11.5 Å². The molecule has 6 nitrogen and oxygen atoms in total. The van der Waals surface area contributed by atoms with E-state index in [0.717, 1.165) is 10.5 Å². The maximum absolute atomic E-state index is 13.9. The number of nitrogens with one attached hydrogen (secondary N) is 2. The number of carbonyl (C=O) groups is 2. The Kier molecular flexibility index (Phi) is 8.43. The molecule has 1 unspecified atom stereocenters. The van der Waals surface area contributed by atoms with Gasteiger partial charge in [-0.25, -0.2) is 4.39 Å². The van der Waals surface area contributed by atoms with Crippen LogP contribution in [0.1, 0.15) is 21.2 Å². The van der Waals surface area contributed by atoms with E-state index in [0.29, 0.717) is 22.9 Å². The average Bonchev–Trinajstić information content (AvgIpc) is 2.93. The molecule has 188 valence electrons. The van der Waals surface area contributed by atoms with Crippen LogP contribution in [0.25, 0.3) is 0 Å². The molecule has 0 saturated carbocycles. The molecule has 0 aliphatic carbocycles. The minimum absolute atomic E-state index is 0.0317. The number of ether oxygens (including phenoxy) is 2. The molecule has 0 heterocycles. The predicted octanol–water partition coefficient (Wildman–Crippen LogP) is 6.57. The number of thioether (sulfide) groups is 1. The Balaban J connectivity index is 1.51. The first-order valence-electron chi connectivity index (χ1n) is 11.4. The number of anilines is 2. The van der Waals surface area contributed by atoms with Crippen LogP contribution in [-0.2, 0) is 4.79 Å². The summed E-state index contributed by atoms with van der Waals surface area (Å²) >= 11 is 1.37. The third kappa shape index (κ3) is 6.48. The van der Waals surface area contributed by atoms with Gasteiger partial charge < -0.3 is 20.1 Å². The van der Waals surface area contributed by atoms with Gasteiger partial charge in [0.2, 0.25) is 5.91 Å². The third-order valence-electron chi connectivity index (χ3n) is 5.49. The summed E-state index contributed by atoms with van der Waals surface area (Å²) in [5.74, 6) is -0.243. The van der Waals surface area contributed by atoms with E-state index in [1.807, 2.05) is 30.3 Å². The SMILES string of the molecule is COc1ccc(NC(=O)C(Sc2ccc(NC(=O)c3ccccc3F)cc2)c2ccccc2)c(OC)c1. The van der Waals surface area contributed by atoms with Crippen molar-refractivity contribution < 1.29 is 23.5 Å². The molecule has 0 radical (unpaired) electrons. The van der Waals surface area contributed by atoms with E-state index in [4.69, 9.17) is 9.47 Å². The number of benzene rings is 4. The Morgan fingerprint density at radius 2 is 1.51 bits per heavy atom. The molecule has 0 fully saturated rings. The average molecular weight is 517 g/mol. The molecule has 4 aromatic carbocycles. The first-order chi connectivity index (χ1) is 18.0. The van der Waals surface area contributed by atoms with E-state index in [2.05, 4.69) is 10.6 Å². The van der Waals surface area contributed by atoms with Crippen molar-refractivity contribution in [2.24, 2.45) is 0 Å². The summed E-state index contributed by atoms with van der Waals surface area (Å²) in [7, 11) is 3.09. The van der Waals surface area contributed by atoms with Gasteiger partial charge in [0.25, 0.3) is 5.91 Å². The number of hydrogen-bond donors (Lipinski definition) is 2. The molecule has 4 aromatic rings. The maximum Gasteiger partial charge on any atom is 0.258 e. The molecule has 0 saturated heterocycles. The zero-order valence-electron chi connectivity index (χ0n) is 20.2. The van der Waals surface area contributed by atoms with Crippen LogP contribution in [0.3, 0.4) is 0 Å². The van der Waals surface area contributed by atoms with E-state index in [9.17, 15) is 14.0 Å². The zero-order valence-corrected chi connectivity index (χ0v) is 21.1. The molecule has 2 N–H and O–H groups in total. The first kappa shape index (κ1) is 25.8. The molecule has 37 heavy (non-hydrogen) atoms. The van der Waals surface area contributed by atoms with Gasteiger partial charge in [-0.1, -0.05) is 42.5 Å². The molecule has 4 rings (SSSR count). The van der Waals surface area contributed by atoms with Crippen LogP contribution in [-0.4, -0.2) is 26.0 Å². The Hall–Kier alpha value is -4.30. The van der Waals surface area contributed by atoms with Crippen LogP contribution in [0.4, 0.5) is 15.8 Å². The van der Waals surface area contributed by atoms with Crippen molar-refractivity contribution >= 4 is 35.0 Å². The number of rotatable bonds is 9. The number of carbonyl (C=O) groups excluding carboxylic acids is 2. The van der Waals surface area contributed by atoms with Gasteiger partial charge in [-0.05, 0) is 54.1 Å². The summed E-state index contributed by atoms with van der Waals surface area (Å²) in [5, 5.41) is 5.09. The second-order valence-corrected chi connectivity index (χ2v) is 9.10. The Morgan fingerprint density at radius 3 is 2.19 bits per heavy atom. The lowest BCUT2D eigenvalue weighted by Crippen LogP contribution is -2.19. The minimum atomic E-state index is -0.586. The highest BCUT2D eigenvalue weighted by Crippen LogP contribution is 2.38. The van der Waals surface area contributed by atoms with Crippen LogP contribution in [0.15, 0.2) is 102 Å². The highest BCUT2D eigenvalue weighted by Gasteiger charge is 2.23. The normalized spacial score (nSPS) is 11.3. The maximum atomic E-state index is 13.9. The Labute approximate surface area is 218 Å². The van der Waals surface area contributed by atoms with Crippen molar-refractivity contribution in [3.63, 3.8) is 0 Å². The fourth-order valence-corrected chi connectivity index (χ4v) is 4.62. The van der Waals surface area contributed by atoms with Crippen molar-refractivity contribution in [3.8, 4) is 11.5 Å². The third-order valence-corrected chi connectivity index (χ3v) is 6.76. The lowest BCUT2D eigenvalue weighted by molar-refractivity contribution is -0.115. The number of hydrogen-bond acceptors (Lipinski definition) is 5. The van der Waals surface area contributed by atoms with Crippen molar-refractivity contribution in [3.05, 3.63) is 114 Å². The molecular formula is C29H25FN2O4S. The highest BCUT2D eigenvalue weighted by molar-refractivity contribution is 8.00. The molecule has 0 spiro atoms. The van der Waals surface area contributed by atoms with Crippen molar-refractivity contribution in [1.29, 1.82) is 0 Å². The van der Waals surface area contributed by atoms with Gasteiger partial charge in [0.15, 0.2) is 0 Å². The fourth-order valence-electron chi connectivity index (χ4n) is 3.60. The summed E-state index contributed by atoms with van der Waals surface area (Å²) < 4.78 is 24.6. The van der Waals surface area contributed by atoms with Gasteiger partial charge in [-0.2, -0.15) is 0 Å². The van der Waals surface area contributed by atoms with E-state index in [1.165, 1.54) is 37.1 Å². The van der Waals surface area contributed by atoms with E-state index >= 15 is 0 Å². The fraction of sp³-hybridized carbons (Fsp3) is 0.103. The highest BCUT2D eigenvalue weighted by atomic mass is 32.2. The van der Waals surface area contributed by atoms with Crippen LogP contribution >= 0.6 is 11.8 Å². The molecule has 0 aliphatic rings. The van der Waals surface area contributed by atoms with E-state index < -0.39 is 17.0 Å². The summed E-state index contributed by atoms with van der Waals surface area (Å²) in [4.78, 5) is 26.7. The van der Waals surface area contributed by atoms with Crippen LogP contribution in [0.2, 0.25) is 0 Å². The van der Waals surface area contributed by atoms with Gasteiger partial charge >= 0.3 is 0 Å². The van der Waals surface area contributed by atoms with Crippen molar-refractivity contribution in [2.75, 3.05) is 24.9 Å². The monoisotopic (exact) mass is 516 g/mol. The molecule has 0 aliphatic heterocycles. The van der Waals surface area contributed by atoms with Crippen LogP contribution < -0.4 is 20.1 Å². The summed E-state index contributed by atoms with van der Waals surface area (Å²) in [6, 6.07) is 27.5. The van der Waals surface area contributed by atoms with Crippen molar-refractivity contribution in [1.82, 2.24) is 0 Å². The largest absolute Gasteiger partial charge is 0.497 e. The Morgan fingerprint density at radius 1 is 0.811 bits per heavy atom. The summed E-state index contributed by atoms with van der Waals surface area (Å²) in [6.07, 6.45) is 0. The second-order valence-electron chi connectivity index (χ2n) is 7.92. The lowest BCUT2D eigenvalue weighted by atomic mass is 10.1. The molecule has 8 heteroatoms. The molecule has 1 atom stereocenters. The van der Waals surface area contributed by atoms with Gasteiger partial charge in [0.1, 0.15) is 22.6 Å². The van der Waals surface area contributed by atoms with Gasteiger partial charge in [0, 0.05) is 16.6 Å². The van der Waals surface area contributed by atoms with Crippen molar-refractivity contribution in [2.45, 2.75) is 10.1 Å².